The Morgan fingerprint density at radius 3 is 2.67 bits per heavy atom. The summed E-state index contributed by atoms with van der Waals surface area (Å²) < 4.78 is 37.8. The highest BCUT2D eigenvalue weighted by molar-refractivity contribution is 7.90. The zero-order valence-electron chi connectivity index (χ0n) is 14.8. The third-order valence-electron chi connectivity index (χ3n) is 4.54. The quantitative estimate of drug-likeness (QED) is 0.619. The molecular formula is C18H20FN3O4S. The molecule has 9 heteroatoms. The first kappa shape index (κ1) is 19.1. The summed E-state index contributed by atoms with van der Waals surface area (Å²) in [5.74, 6) is -0.284. The van der Waals surface area contributed by atoms with Crippen LogP contribution in [0.4, 0.5) is 21.5 Å². The van der Waals surface area contributed by atoms with Gasteiger partial charge in [0.25, 0.3) is 5.69 Å². The smallest absolute Gasteiger partial charge is 0.288 e. The van der Waals surface area contributed by atoms with E-state index in [1.165, 1.54) is 24.3 Å². The van der Waals surface area contributed by atoms with Crippen LogP contribution in [-0.4, -0.2) is 38.7 Å². The summed E-state index contributed by atoms with van der Waals surface area (Å²) in [5, 5.41) is 14.3. The van der Waals surface area contributed by atoms with Gasteiger partial charge < -0.3 is 10.2 Å². The fourth-order valence-corrected chi connectivity index (χ4v) is 4.17. The fraction of sp³-hybridized carbons (Fsp3) is 0.333. The molecule has 1 N–H and O–H groups in total. The van der Waals surface area contributed by atoms with Crippen molar-refractivity contribution >= 4 is 26.9 Å². The summed E-state index contributed by atoms with van der Waals surface area (Å²) in [6.07, 6.45) is 2.62. The molecule has 1 atom stereocenters. The molecule has 1 aliphatic rings. The largest absolute Gasteiger partial charge is 0.380 e. The summed E-state index contributed by atoms with van der Waals surface area (Å²) >= 11 is 0. The molecule has 0 aliphatic carbocycles. The number of benzene rings is 2. The van der Waals surface area contributed by atoms with Crippen molar-refractivity contribution in [3.63, 3.8) is 0 Å². The molecule has 2 aromatic carbocycles. The first-order chi connectivity index (χ1) is 12.8. The molecular weight excluding hydrogens is 373 g/mol. The maximum Gasteiger partial charge on any atom is 0.288 e. The molecule has 0 spiro atoms. The SMILES string of the molecule is CS(=O)(=O)c1cc(NC2CCCN(c3ccccc3F)C2)ccc1[N+](=O)[O-]. The Kier molecular flexibility index (Phi) is 5.31. The molecule has 7 nitrogen and oxygen atoms in total. The third-order valence-corrected chi connectivity index (χ3v) is 5.67. The molecule has 27 heavy (non-hydrogen) atoms. The van der Waals surface area contributed by atoms with Gasteiger partial charge in [-0.05, 0) is 37.1 Å². The number of piperidine rings is 1. The van der Waals surface area contributed by atoms with E-state index < -0.39 is 20.4 Å². The van der Waals surface area contributed by atoms with Crippen LogP contribution < -0.4 is 10.2 Å². The minimum atomic E-state index is -3.74. The number of nitrogens with one attached hydrogen (secondary N) is 1. The normalized spacial score (nSPS) is 17.6. The zero-order chi connectivity index (χ0) is 19.6. The highest BCUT2D eigenvalue weighted by atomic mass is 32.2. The Bertz CT molecular complexity index is 965. The lowest BCUT2D eigenvalue weighted by Gasteiger charge is -2.35. The first-order valence-corrected chi connectivity index (χ1v) is 10.4. The third kappa shape index (κ3) is 4.36. The van der Waals surface area contributed by atoms with E-state index in [1.807, 2.05) is 4.90 Å². The Hall–Kier alpha value is -2.68. The van der Waals surface area contributed by atoms with Crippen molar-refractivity contribution in [3.8, 4) is 0 Å². The average Bonchev–Trinajstić information content (AvgIpc) is 2.61. The topological polar surface area (TPSA) is 92.6 Å². The zero-order valence-corrected chi connectivity index (χ0v) is 15.6. The lowest BCUT2D eigenvalue weighted by atomic mass is 10.0. The molecule has 0 bridgehead atoms. The van der Waals surface area contributed by atoms with Gasteiger partial charge in [-0.1, -0.05) is 12.1 Å². The van der Waals surface area contributed by atoms with Crippen LogP contribution in [-0.2, 0) is 9.84 Å². The molecule has 1 saturated heterocycles. The molecule has 2 aromatic rings. The second-order valence-corrected chi connectivity index (χ2v) is 8.58. The summed E-state index contributed by atoms with van der Waals surface area (Å²) in [5.41, 5.74) is 0.575. The number of hydrogen-bond donors (Lipinski definition) is 1. The highest BCUT2D eigenvalue weighted by Crippen LogP contribution is 2.29. The van der Waals surface area contributed by atoms with E-state index in [0.717, 1.165) is 25.6 Å². The van der Waals surface area contributed by atoms with Crippen molar-refractivity contribution < 1.29 is 17.7 Å². The van der Waals surface area contributed by atoms with Crippen molar-refractivity contribution in [2.24, 2.45) is 0 Å². The van der Waals surface area contributed by atoms with Crippen LogP contribution in [0.2, 0.25) is 0 Å². The van der Waals surface area contributed by atoms with E-state index in [9.17, 15) is 22.9 Å². The summed E-state index contributed by atoms with van der Waals surface area (Å²) in [6.45, 7) is 1.28. The standard InChI is InChI=1S/C18H20FN3O4S/c1-27(25,26)18-11-13(8-9-17(18)22(23)24)20-14-5-4-10-21(12-14)16-7-3-2-6-15(16)19/h2-3,6-9,11,14,20H,4-5,10,12H2,1H3. The monoisotopic (exact) mass is 393 g/mol. The number of hydrogen-bond acceptors (Lipinski definition) is 6. The maximum atomic E-state index is 14.0. The first-order valence-electron chi connectivity index (χ1n) is 8.50. The lowest BCUT2D eigenvalue weighted by Crippen LogP contribution is -2.42. The van der Waals surface area contributed by atoms with Gasteiger partial charge in [-0.25, -0.2) is 12.8 Å². The van der Waals surface area contributed by atoms with Crippen LogP contribution in [0.25, 0.3) is 0 Å². The predicted molar refractivity (Wildman–Crippen MR) is 101 cm³/mol. The molecule has 0 amide bonds. The van der Waals surface area contributed by atoms with Crippen LogP contribution in [0.5, 0.6) is 0 Å². The predicted octanol–water partition coefficient (Wildman–Crippen LogP) is 3.22. The number of nitrogens with zero attached hydrogens (tertiary/aromatic N) is 2. The molecule has 0 radical (unpaired) electrons. The van der Waals surface area contributed by atoms with E-state index >= 15 is 0 Å². The Morgan fingerprint density at radius 1 is 1.26 bits per heavy atom. The van der Waals surface area contributed by atoms with Gasteiger partial charge in [0.1, 0.15) is 10.7 Å². The number of anilines is 2. The van der Waals surface area contributed by atoms with Gasteiger partial charge in [0, 0.05) is 37.1 Å². The molecule has 3 rings (SSSR count). The number of rotatable bonds is 5. The number of nitro benzene ring substituents is 1. The second kappa shape index (κ2) is 7.51. The van der Waals surface area contributed by atoms with Gasteiger partial charge in [0.2, 0.25) is 0 Å². The highest BCUT2D eigenvalue weighted by Gasteiger charge is 2.25. The maximum absolute atomic E-state index is 14.0. The molecule has 1 unspecified atom stereocenters. The van der Waals surface area contributed by atoms with Crippen molar-refractivity contribution in [2.45, 2.75) is 23.8 Å². The minimum absolute atomic E-state index is 0.0350. The molecule has 1 aliphatic heterocycles. The van der Waals surface area contributed by atoms with Crippen LogP contribution in [0, 0.1) is 15.9 Å². The Morgan fingerprint density at radius 2 is 2.00 bits per heavy atom. The van der Waals surface area contributed by atoms with Crippen LogP contribution in [0.15, 0.2) is 47.4 Å². The van der Waals surface area contributed by atoms with E-state index in [-0.39, 0.29) is 16.8 Å². The molecule has 144 valence electrons. The van der Waals surface area contributed by atoms with Crippen molar-refractivity contribution in [1.82, 2.24) is 0 Å². The molecule has 0 aromatic heterocycles. The lowest BCUT2D eigenvalue weighted by molar-refractivity contribution is -0.387. The number of sulfone groups is 1. The number of nitro groups is 1. The van der Waals surface area contributed by atoms with Crippen LogP contribution in [0.3, 0.4) is 0 Å². The number of halogens is 1. The van der Waals surface area contributed by atoms with Crippen molar-refractivity contribution in [2.75, 3.05) is 29.6 Å². The summed E-state index contributed by atoms with van der Waals surface area (Å²) in [6, 6.07) is 10.5. The van der Waals surface area contributed by atoms with E-state index in [4.69, 9.17) is 0 Å². The van der Waals surface area contributed by atoms with Crippen molar-refractivity contribution in [3.05, 3.63) is 58.4 Å². The second-order valence-electron chi connectivity index (χ2n) is 6.59. The van der Waals surface area contributed by atoms with E-state index in [1.54, 1.807) is 18.2 Å². The molecule has 0 saturated carbocycles. The summed E-state index contributed by atoms with van der Waals surface area (Å²) in [7, 11) is -3.74. The Labute approximate surface area is 156 Å². The van der Waals surface area contributed by atoms with Gasteiger partial charge in [-0.2, -0.15) is 0 Å². The van der Waals surface area contributed by atoms with Gasteiger partial charge in [-0.15, -0.1) is 0 Å². The van der Waals surface area contributed by atoms with E-state index in [0.29, 0.717) is 17.9 Å². The fourth-order valence-electron chi connectivity index (χ4n) is 3.31. The van der Waals surface area contributed by atoms with Gasteiger partial charge >= 0.3 is 0 Å². The minimum Gasteiger partial charge on any atom is -0.380 e. The number of para-hydroxylation sites is 1. The van der Waals surface area contributed by atoms with Crippen LogP contribution >= 0.6 is 0 Å². The average molecular weight is 393 g/mol. The van der Waals surface area contributed by atoms with Gasteiger partial charge in [0.05, 0.1) is 10.6 Å². The summed E-state index contributed by atoms with van der Waals surface area (Å²) in [4.78, 5) is 12.0. The van der Waals surface area contributed by atoms with Crippen LogP contribution in [0.1, 0.15) is 12.8 Å². The van der Waals surface area contributed by atoms with E-state index in [2.05, 4.69) is 5.32 Å². The molecule has 1 heterocycles. The van der Waals surface area contributed by atoms with Gasteiger partial charge in [-0.3, -0.25) is 10.1 Å². The Balaban J connectivity index is 1.81. The molecule has 1 fully saturated rings. The van der Waals surface area contributed by atoms with Crippen molar-refractivity contribution in [1.29, 1.82) is 0 Å². The van der Waals surface area contributed by atoms with Gasteiger partial charge in [0.15, 0.2) is 9.84 Å².